The topological polar surface area (TPSA) is 56.2 Å². The van der Waals surface area contributed by atoms with Crippen LogP contribution >= 0.6 is 0 Å². The Balaban J connectivity index is 1.74. The van der Waals surface area contributed by atoms with Crippen LogP contribution in [0.25, 0.3) is 11.0 Å². The van der Waals surface area contributed by atoms with Gasteiger partial charge in [0.2, 0.25) is 5.91 Å². The average molecular weight is 394 g/mol. The fourth-order valence-electron chi connectivity index (χ4n) is 3.61. The van der Waals surface area contributed by atoms with Crippen molar-refractivity contribution in [2.45, 2.75) is 53.6 Å². The van der Waals surface area contributed by atoms with Gasteiger partial charge in [-0.25, -0.2) is 4.98 Å². The summed E-state index contributed by atoms with van der Waals surface area (Å²) in [6.07, 6.45) is 1.70. The minimum Gasteiger partial charge on any atom is -0.491 e. The van der Waals surface area contributed by atoms with Crippen LogP contribution < -0.4 is 10.1 Å². The zero-order chi connectivity index (χ0) is 20.8. The van der Waals surface area contributed by atoms with Gasteiger partial charge in [0.05, 0.1) is 24.1 Å². The maximum atomic E-state index is 12.4. The molecule has 5 nitrogen and oxygen atoms in total. The molecule has 0 unspecified atom stereocenters. The zero-order valence-corrected chi connectivity index (χ0v) is 17.9. The summed E-state index contributed by atoms with van der Waals surface area (Å²) in [4.78, 5) is 17.1. The first-order chi connectivity index (χ1) is 14.0. The van der Waals surface area contributed by atoms with Crippen molar-refractivity contribution in [3.8, 4) is 5.75 Å². The summed E-state index contributed by atoms with van der Waals surface area (Å²) in [6.45, 7) is 9.90. The van der Waals surface area contributed by atoms with Crippen molar-refractivity contribution in [1.82, 2.24) is 14.9 Å². The average Bonchev–Trinajstić information content (AvgIpc) is 3.08. The van der Waals surface area contributed by atoms with E-state index in [-0.39, 0.29) is 11.8 Å². The SMILES string of the molecule is CCC(CC)C(=O)NCc1nc2ccccc2n1CCOc1cccc(C)c1C. The number of ether oxygens (including phenoxy) is 1. The number of rotatable bonds is 9. The van der Waals surface area contributed by atoms with Crippen molar-refractivity contribution in [2.75, 3.05) is 6.61 Å². The molecule has 5 heteroatoms. The van der Waals surface area contributed by atoms with Crippen LogP contribution in [-0.2, 0) is 17.9 Å². The standard InChI is InChI=1S/C24H31N3O2/c1-5-19(6-2)24(28)25-16-23-26-20-11-7-8-12-21(20)27(23)14-15-29-22-13-9-10-17(3)18(22)4/h7-13,19H,5-6,14-16H2,1-4H3,(H,25,28). The number of fused-ring (bicyclic) bond motifs is 1. The molecular weight excluding hydrogens is 362 g/mol. The van der Waals surface area contributed by atoms with Gasteiger partial charge in [-0.3, -0.25) is 4.79 Å². The highest BCUT2D eigenvalue weighted by Crippen LogP contribution is 2.21. The third-order valence-electron chi connectivity index (χ3n) is 5.64. The van der Waals surface area contributed by atoms with Crippen LogP contribution in [-0.4, -0.2) is 22.1 Å². The Hall–Kier alpha value is -2.82. The van der Waals surface area contributed by atoms with E-state index in [2.05, 4.69) is 35.9 Å². The molecule has 0 bridgehead atoms. The van der Waals surface area contributed by atoms with Crippen LogP contribution in [0.2, 0.25) is 0 Å². The second-order valence-electron chi connectivity index (χ2n) is 7.45. The quantitative estimate of drug-likeness (QED) is 0.569. The van der Waals surface area contributed by atoms with Crippen molar-refractivity contribution in [3.63, 3.8) is 0 Å². The second kappa shape index (κ2) is 9.59. The smallest absolute Gasteiger partial charge is 0.223 e. The van der Waals surface area contributed by atoms with E-state index in [1.807, 2.05) is 44.2 Å². The van der Waals surface area contributed by atoms with E-state index < -0.39 is 0 Å². The minimum atomic E-state index is 0.0560. The Morgan fingerprint density at radius 2 is 1.86 bits per heavy atom. The van der Waals surface area contributed by atoms with Gasteiger partial charge in [0.25, 0.3) is 0 Å². The van der Waals surface area contributed by atoms with Crippen LogP contribution in [0.3, 0.4) is 0 Å². The van der Waals surface area contributed by atoms with Gasteiger partial charge in [-0.1, -0.05) is 38.1 Å². The monoisotopic (exact) mass is 393 g/mol. The van der Waals surface area contributed by atoms with Crippen molar-refractivity contribution in [2.24, 2.45) is 5.92 Å². The van der Waals surface area contributed by atoms with Crippen molar-refractivity contribution in [1.29, 1.82) is 0 Å². The summed E-state index contributed by atoms with van der Waals surface area (Å²) >= 11 is 0. The number of para-hydroxylation sites is 2. The molecule has 0 saturated heterocycles. The lowest BCUT2D eigenvalue weighted by atomic mass is 10.0. The molecular formula is C24H31N3O2. The maximum absolute atomic E-state index is 12.4. The van der Waals surface area contributed by atoms with E-state index in [0.717, 1.165) is 35.4 Å². The highest BCUT2D eigenvalue weighted by Gasteiger charge is 2.16. The molecule has 0 atom stereocenters. The molecule has 0 aliphatic heterocycles. The van der Waals surface area contributed by atoms with Crippen LogP contribution in [0.15, 0.2) is 42.5 Å². The summed E-state index contributed by atoms with van der Waals surface area (Å²) in [7, 11) is 0. The van der Waals surface area contributed by atoms with Gasteiger partial charge in [0.15, 0.2) is 0 Å². The van der Waals surface area contributed by atoms with Gasteiger partial charge in [0, 0.05) is 5.92 Å². The number of aryl methyl sites for hydroxylation is 1. The fraction of sp³-hybridized carbons (Fsp3) is 0.417. The Morgan fingerprint density at radius 1 is 1.10 bits per heavy atom. The Morgan fingerprint density at radius 3 is 2.62 bits per heavy atom. The van der Waals surface area contributed by atoms with E-state index in [9.17, 15) is 4.79 Å². The van der Waals surface area contributed by atoms with Crippen LogP contribution in [0, 0.1) is 19.8 Å². The van der Waals surface area contributed by atoms with Gasteiger partial charge >= 0.3 is 0 Å². The Labute approximate surface area is 173 Å². The first-order valence-electron chi connectivity index (χ1n) is 10.5. The summed E-state index contributed by atoms with van der Waals surface area (Å²) in [5, 5.41) is 3.06. The molecule has 0 aliphatic rings. The molecule has 0 aliphatic carbocycles. The molecule has 29 heavy (non-hydrogen) atoms. The summed E-state index contributed by atoms with van der Waals surface area (Å²) in [5.41, 5.74) is 4.39. The molecule has 3 aromatic rings. The van der Waals surface area contributed by atoms with E-state index in [1.165, 1.54) is 11.1 Å². The van der Waals surface area contributed by atoms with E-state index >= 15 is 0 Å². The molecule has 1 aromatic heterocycles. The lowest BCUT2D eigenvalue weighted by molar-refractivity contribution is -0.125. The lowest BCUT2D eigenvalue weighted by Crippen LogP contribution is -2.31. The van der Waals surface area contributed by atoms with Gasteiger partial charge in [-0.2, -0.15) is 0 Å². The highest BCUT2D eigenvalue weighted by atomic mass is 16.5. The first kappa shape index (κ1) is 20.9. The first-order valence-corrected chi connectivity index (χ1v) is 10.5. The van der Waals surface area contributed by atoms with Crippen LogP contribution in [0.4, 0.5) is 0 Å². The highest BCUT2D eigenvalue weighted by molar-refractivity contribution is 5.79. The van der Waals surface area contributed by atoms with Crippen molar-refractivity contribution >= 4 is 16.9 Å². The molecule has 3 rings (SSSR count). The Kier molecular flexibility index (Phi) is 6.91. The maximum Gasteiger partial charge on any atom is 0.223 e. The molecule has 1 N–H and O–H groups in total. The molecule has 0 radical (unpaired) electrons. The van der Waals surface area contributed by atoms with Gasteiger partial charge in [-0.05, 0) is 56.0 Å². The number of hydrogen-bond donors (Lipinski definition) is 1. The lowest BCUT2D eigenvalue weighted by Gasteiger charge is -2.15. The summed E-state index contributed by atoms with van der Waals surface area (Å²) in [5.74, 6) is 1.92. The van der Waals surface area contributed by atoms with E-state index in [1.54, 1.807) is 0 Å². The molecule has 1 amide bonds. The predicted octanol–water partition coefficient (Wildman–Crippen LogP) is 4.78. The van der Waals surface area contributed by atoms with Gasteiger partial charge in [-0.15, -0.1) is 0 Å². The molecule has 154 valence electrons. The third kappa shape index (κ3) is 4.78. The van der Waals surface area contributed by atoms with E-state index in [0.29, 0.717) is 19.7 Å². The largest absolute Gasteiger partial charge is 0.491 e. The number of carbonyl (C=O) groups excluding carboxylic acids is 1. The molecule has 1 heterocycles. The van der Waals surface area contributed by atoms with Crippen molar-refractivity contribution in [3.05, 3.63) is 59.4 Å². The molecule has 0 spiro atoms. The number of amides is 1. The van der Waals surface area contributed by atoms with Gasteiger partial charge < -0.3 is 14.6 Å². The van der Waals surface area contributed by atoms with E-state index in [4.69, 9.17) is 9.72 Å². The molecule has 0 fully saturated rings. The number of benzene rings is 2. The normalized spacial score (nSPS) is 11.2. The second-order valence-corrected chi connectivity index (χ2v) is 7.45. The minimum absolute atomic E-state index is 0.0560. The number of carbonyl (C=O) groups is 1. The summed E-state index contributed by atoms with van der Waals surface area (Å²) in [6, 6.07) is 14.2. The summed E-state index contributed by atoms with van der Waals surface area (Å²) < 4.78 is 8.20. The number of nitrogens with zero attached hydrogens (tertiary/aromatic N) is 2. The number of imidazole rings is 1. The van der Waals surface area contributed by atoms with Crippen molar-refractivity contribution < 1.29 is 9.53 Å². The predicted molar refractivity (Wildman–Crippen MR) is 117 cm³/mol. The third-order valence-corrected chi connectivity index (χ3v) is 5.64. The number of aromatic nitrogens is 2. The Bertz CT molecular complexity index is 973. The fourth-order valence-corrected chi connectivity index (χ4v) is 3.61. The zero-order valence-electron chi connectivity index (χ0n) is 17.9. The molecule has 0 saturated carbocycles. The molecule has 2 aromatic carbocycles. The number of nitrogens with one attached hydrogen (secondary N) is 1. The van der Waals surface area contributed by atoms with Crippen LogP contribution in [0.1, 0.15) is 43.6 Å². The number of hydrogen-bond acceptors (Lipinski definition) is 3. The van der Waals surface area contributed by atoms with Gasteiger partial charge in [0.1, 0.15) is 18.2 Å². The van der Waals surface area contributed by atoms with Crippen LogP contribution in [0.5, 0.6) is 5.75 Å².